The molecule has 0 atom stereocenters. The number of hydrogen-bond acceptors (Lipinski definition) is 4. The summed E-state index contributed by atoms with van der Waals surface area (Å²) in [7, 11) is 1.62. The highest BCUT2D eigenvalue weighted by atomic mass is 16.3. The van der Waals surface area contributed by atoms with Crippen molar-refractivity contribution < 1.29 is 9.90 Å². The van der Waals surface area contributed by atoms with Gasteiger partial charge in [-0.25, -0.2) is 4.98 Å². The van der Waals surface area contributed by atoms with E-state index in [2.05, 4.69) is 9.97 Å². The molecule has 1 N–H and O–H groups in total. The molecule has 82 valence electrons. The molecule has 0 saturated heterocycles. The van der Waals surface area contributed by atoms with Crippen LogP contribution in [0.3, 0.4) is 0 Å². The first kappa shape index (κ1) is 11.6. The summed E-state index contributed by atoms with van der Waals surface area (Å²) in [6, 6.07) is 0. The number of amides is 1. The van der Waals surface area contributed by atoms with Gasteiger partial charge in [0.05, 0.1) is 11.8 Å². The molecule has 1 heterocycles. The van der Waals surface area contributed by atoms with E-state index in [0.29, 0.717) is 0 Å². The first-order chi connectivity index (χ1) is 6.90. The smallest absolute Gasteiger partial charge is 0.273 e. The van der Waals surface area contributed by atoms with Crippen LogP contribution in [0.1, 0.15) is 24.3 Å². The lowest BCUT2D eigenvalue weighted by molar-refractivity contribution is 0.0364. The molecule has 15 heavy (non-hydrogen) atoms. The van der Waals surface area contributed by atoms with Crippen LogP contribution >= 0.6 is 0 Å². The Morgan fingerprint density at radius 2 is 2.20 bits per heavy atom. The molecule has 0 fully saturated rings. The van der Waals surface area contributed by atoms with Gasteiger partial charge in [-0.2, -0.15) is 0 Å². The maximum Gasteiger partial charge on any atom is 0.273 e. The minimum Gasteiger partial charge on any atom is -0.389 e. The van der Waals surface area contributed by atoms with Gasteiger partial charge in [0.2, 0.25) is 0 Å². The van der Waals surface area contributed by atoms with Gasteiger partial charge >= 0.3 is 0 Å². The lowest BCUT2D eigenvalue weighted by atomic mass is 10.1. The van der Waals surface area contributed by atoms with Gasteiger partial charge in [0.25, 0.3) is 5.91 Å². The number of likely N-dealkylation sites (N-methyl/N-ethyl adjacent to an activating group) is 1. The van der Waals surface area contributed by atoms with Crippen LogP contribution in [-0.4, -0.2) is 45.1 Å². The zero-order valence-corrected chi connectivity index (χ0v) is 9.14. The van der Waals surface area contributed by atoms with Crippen LogP contribution in [0, 0.1) is 0 Å². The van der Waals surface area contributed by atoms with Crippen LogP contribution in [0.2, 0.25) is 0 Å². The Labute approximate surface area is 88.8 Å². The van der Waals surface area contributed by atoms with Crippen LogP contribution < -0.4 is 0 Å². The largest absolute Gasteiger partial charge is 0.389 e. The second kappa shape index (κ2) is 4.35. The van der Waals surface area contributed by atoms with E-state index in [-0.39, 0.29) is 18.1 Å². The number of aliphatic hydroxyl groups is 1. The molecule has 5 heteroatoms. The summed E-state index contributed by atoms with van der Waals surface area (Å²) in [5.74, 6) is -0.245. The number of aromatic nitrogens is 2. The second-order valence-corrected chi connectivity index (χ2v) is 4.06. The molecule has 1 rings (SSSR count). The first-order valence-electron chi connectivity index (χ1n) is 4.64. The van der Waals surface area contributed by atoms with Crippen LogP contribution in [-0.2, 0) is 0 Å². The van der Waals surface area contributed by atoms with E-state index in [1.54, 1.807) is 20.9 Å². The molecule has 1 aromatic rings. The molecule has 0 bridgehead atoms. The highest BCUT2D eigenvalue weighted by Crippen LogP contribution is 2.05. The lowest BCUT2D eigenvalue weighted by Crippen LogP contribution is -2.40. The van der Waals surface area contributed by atoms with Gasteiger partial charge in [-0.3, -0.25) is 9.78 Å². The highest BCUT2D eigenvalue weighted by Gasteiger charge is 2.20. The number of nitrogens with zero attached hydrogens (tertiary/aromatic N) is 3. The Bertz CT molecular complexity index is 332. The molecule has 1 amide bonds. The molecule has 1 aromatic heterocycles. The van der Waals surface area contributed by atoms with Crippen molar-refractivity contribution in [2.24, 2.45) is 0 Å². The fourth-order valence-corrected chi connectivity index (χ4v) is 1.26. The molecule has 0 aliphatic heterocycles. The maximum absolute atomic E-state index is 11.7. The van der Waals surface area contributed by atoms with Crippen molar-refractivity contribution in [3.63, 3.8) is 0 Å². The summed E-state index contributed by atoms with van der Waals surface area (Å²) in [6.07, 6.45) is 4.38. The molecule has 0 radical (unpaired) electrons. The van der Waals surface area contributed by atoms with Crippen LogP contribution in [0.25, 0.3) is 0 Å². The summed E-state index contributed by atoms with van der Waals surface area (Å²) in [5.41, 5.74) is -0.628. The van der Waals surface area contributed by atoms with E-state index in [1.807, 2.05) is 0 Å². The van der Waals surface area contributed by atoms with Gasteiger partial charge in [0, 0.05) is 26.0 Å². The Morgan fingerprint density at radius 1 is 1.53 bits per heavy atom. The van der Waals surface area contributed by atoms with Gasteiger partial charge in [0.15, 0.2) is 0 Å². The zero-order chi connectivity index (χ0) is 11.5. The number of carbonyl (C=O) groups is 1. The molecule has 5 nitrogen and oxygen atoms in total. The van der Waals surface area contributed by atoms with E-state index in [4.69, 9.17) is 0 Å². The summed E-state index contributed by atoms with van der Waals surface area (Å²) in [5, 5.41) is 9.55. The fraction of sp³-hybridized carbons (Fsp3) is 0.500. The fourth-order valence-electron chi connectivity index (χ4n) is 1.26. The summed E-state index contributed by atoms with van der Waals surface area (Å²) >= 11 is 0. The summed E-state index contributed by atoms with van der Waals surface area (Å²) in [6.45, 7) is 3.54. The normalized spacial score (nSPS) is 11.2. The maximum atomic E-state index is 11.7. The lowest BCUT2D eigenvalue weighted by Gasteiger charge is -2.25. The number of carbonyl (C=O) groups excluding carboxylic acids is 1. The Morgan fingerprint density at radius 3 is 2.67 bits per heavy atom. The highest BCUT2D eigenvalue weighted by molar-refractivity contribution is 5.91. The molecular formula is C10H15N3O2. The predicted molar refractivity (Wildman–Crippen MR) is 55.3 cm³/mol. The zero-order valence-electron chi connectivity index (χ0n) is 9.14. The summed E-state index contributed by atoms with van der Waals surface area (Å²) < 4.78 is 0. The van der Waals surface area contributed by atoms with Crippen molar-refractivity contribution in [2.45, 2.75) is 19.4 Å². The Balaban J connectivity index is 2.70. The minimum absolute atomic E-state index is 0.245. The average molecular weight is 209 g/mol. The van der Waals surface area contributed by atoms with E-state index in [0.717, 1.165) is 0 Å². The third-order valence-corrected chi connectivity index (χ3v) is 1.75. The third kappa shape index (κ3) is 3.63. The molecule has 0 spiro atoms. The van der Waals surface area contributed by atoms with E-state index >= 15 is 0 Å². The van der Waals surface area contributed by atoms with Crippen LogP contribution in [0.5, 0.6) is 0 Å². The van der Waals surface area contributed by atoms with Crippen molar-refractivity contribution in [3.8, 4) is 0 Å². The minimum atomic E-state index is -0.910. The Hall–Kier alpha value is -1.49. The van der Waals surface area contributed by atoms with Crippen molar-refractivity contribution in [1.82, 2.24) is 14.9 Å². The van der Waals surface area contributed by atoms with E-state index < -0.39 is 5.60 Å². The monoisotopic (exact) mass is 209 g/mol. The average Bonchev–Trinajstić information content (AvgIpc) is 2.15. The second-order valence-electron chi connectivity index (χ2n) is 4.06. The van der Waals surface area contributed by atoms with E-state index in [9.17, 15) is 9.90 Å². The van der Waals surface area contributed by atoms with Crippen molar-refractivity contribution in [1.29, 1.82) is 0 Å². The van der Waals surface area contributed by atoms with Gasteiger partial charge in [-0.15, -0.1) is 0 Å². The SMILES string of the molecule is CN(CC(C)(C)O)C(=O)c1cnccn1. The standard InChI is InChI=1S/C10H15N3O2/c1-10(2,15)7-13(3)9(14)8-6-11-4-5-12-8/h4-6,15H,7H2,1-3H3. The number of rotatable bonds is 3. The molecule has 0 unspecified atom stereocenters. The van der Waals surface area contributed by atoms with Crippen molar-refractivity contribution >= 4 is 5.91 Å². The molecule has 0 aliphatic rings. The molecule has 0 aromatic carbocycles. The topological polar surface area (TPSA) is 66.3 Å². The molecule has 0 saturated carbocycles. The van der Waals surface area contributed by atoms with Gasteiger partial charge in [-0.1, -0.05) is 0 Å². The quantitative estimate of drug-likeness (QED) is 0.778. The van der Waals surface area contributed by atoms with Crippen molar-refractivity contribution in [2.75, 3.05) is 13.6 Å². The third-order valence-electron chi connectivity index (χ3n) is 1.75. The van der Waals surface area contributed by atoms with Gasteiger partial charge in [-0.05, 0) is 13.8 Å². The summed E-state index contributed by atoms with van der Waals surface area (Å²) in [4.78, 5) is 20.9. The molecular weight excluding hydrogens is 194 g/mol. The van der Waals surface area contributed by atoms with Crippen LogP contribution in [0.15, 0.2) is 18.6 Å². The first-order valence-corrected chi connectivity index (χ1v) is 4.64. The van der Waals surface area contributed by atoms with E-state index in [1.165, 1.54) is 23.5 Å². The van der Waals surface area contributed by atoms with Gasteiger partial charge in [0.1, 0.15) is 5.69 Å². The molecule has 0 aliphatic carbocycles. The number of hydrogen-bond donors (Lipinski definition) is 1. The predicted octanol–water partition coefficient (Wildman–Crippen LogP) is 0.319. The van der Waals surface area contributed by atoms with Crippen LogP contribution in [0.4, 0.5) is 0 Å². The van der Waals surface area contributed by atoms with Crippen molar-refractivity contribution in [3.05, 3.63) is 24.3 Å². The Kier molecular flexibility index (Phi) is 3.36. The van der Waals surface area contributed by atoms with Gasteiger partial charge < -0.3 is 10.0 Å².